The molecule has 0 fully saturated rings. The number of nitrogens with zero attached hydrogens (tertiary/aromatic N) is 2. The highest BCUT2D eigenvalue weighted by Crippen LogP contribution is 2.35. The summed E-state index contributed by atoms with van der Waals surface area (Å²) in [4.78, 5) is 0. The Morgan fingerprint density at radius 2 is 2.00 bits per heavy atom. The van der Waals surface area contributed by atoms with Crippen LogP contribution in [0.25, 0.3) is 11.3 Å². The van der Waals surface area contributed by atoms with Gasteiger partial charge >= 0.3 is 0 Å². The fourth-order valence-corrected chi connectivity index (χ4v) is 2.24. The molecule has 0 saturated heterocycles. The highest BCUT2D eigenvalue weighted by Gasteiger charge is 2.15. The van der Waals surface area contributed by atoms with Crippen LogP contribution in [-0.4, -0.2) is 15.9 Å². The third-order valence-corrected chi connectivity index (χ3v) is 2.96. The molecule has 0 radical (unpaired) electrons. The molecule has 0 amide bonds. The van der Waals surface area contributed by atoms with Crippen LogP contribution >= 0.6 is 11.7 Å². The topological polar surface area (TPSA) is 61.0 Å². The lowest BCUT2D eigenvalue weighted by atomic mass is 10.0. The van der Waals surface area contributed by atoms with Gasteiger partial charge in [-0.25, -0.2) is 0 Å². The maximum atomic E-state index is 5.78. The van der Waals surface area contributed by atoms with Gasteiger partial charge in [-0.1, -0.05) is 6.07 Å². The van der Waals surface area contributed by atoms with Crippen molar-refractivity contribution in [1.29, 1.82) is 0 Å². The van der Waals surface area contributed by atoms with E-state index in [0.717, 1.165) is 34.2 Å². The number of aryl methyl sites for hydroxylation is 2. The highest BCUT2D eigenvalue weighted by molar-refractivity contribution is 6.99. The molecule has 5 heteroatoms. The Morgan fingerprint density at radius 3 is 2.56 bits per heavy atom. The number of ether oxygens (including phenoxy) is 1. The van der Waals surface area contributed by atoms with Crippen molar-refractivity contribution in [2.24, 2.45) is 0 Å². The summed E-state index contributed by atoms with van der Waals surface area (Å²) in [7, 11) is 1.65. The quantitative estimate of drug-likeness (QED) is 0.868. The van der Waals surface area contributed by atoms with Gasteiger partial charge in [0, 0.05) is 0 Å². The summed E-state index contributed by atoms with van der Waals surface area (Å²) in [5, 5.41) is 0. The number of benzene rings is 1. The van der Waals surface area contributed by atoms with E-state index in [0.29, 0.717) is 11.5 Å². The molecule has 84 valence electrons. The number of anilines is 1. The Labute approximate surface area is 98.4 Å². The summed E-state index contributed by atoms with van der Waals surface area (Å²) in [6, 6.07) is 4.05. The number of nitrogen functional groups attached to an aromatic ring is 1. The van der Waals surface area contributed by atoms with Crippen LogP contribution in [0.15, 0.2) is 12.1 Å². The van der Waals surface area contributed by atoms with Crippen molar-refractivity contribution in [2.75, 3.05) is 12.8 Å². The number of hydrogen-bond acceptors (Lipinski definition) is 5. The van der Waals surface area contributed by atoms with Gasteiger partial charge in [-0.05, 0) is 31.0 Å². The molecule has 1 aromatic carbocycles. The standard InChI is InChI=1S/C11H13N3OS/c1-6-4-7(2)9(8(5-6)15-3)10-11(12)14-16-13-10/h4-5H,1-3H3,(H2,12,14). The summed E-state index contributed by atoms with van der Waals surface area (Å²) >= 11 is 1.11. The summed E-state index contributed by atoms with van der Waals surface area (Å²) in [6.07, 6.45) is 0. The second-order valence-corrected chi connectivity index (χ2v) is 4.19. The molecule has 0 unspecified atom stereocenters. The van der Waals surface area contributed by atoms with Crippen LogP contribution in [-0.2, 0) is 0 Å². The Morgan fingerprint density at radius 1 is 1.25 bits per heavy atom. The molecule has 0 atom stereocenters. The van der Waals surface area contributed by atoms with Gasteiger partial charge in [0.25, 0.3) is 0 Å². The van der Waals surface area contributed by atoms with E-state index in [4.69, 9.17) is 10.5 Å². The van der Waals surface area contributed by atoms with E-state index in [1.165, 1.54) is 0 Å². The van der Waals surface area contributed by atoms with Crippen LogP contribution in [0.5, 0.6) is 5.75 Å². The van der Waals surface area contributed by atoms with Crippen molar-refractivity contribution in [3.05, 3.63) is 23.3 Å². The van der Waals surface area contributed by atoms with Crippen LogP contribution in [0.1, 0.15) is 11.1 Å². The minimum Gasteiger partial charge on any atom is -0.496 e. The number of nitrogens with two attached hydrogens (primary N) is 1. The van der Waals surface area contributed by atoms with E-state index in [1.807, 2.05) is 19.9 Å². The van der Waals surface area contributed by atoms with Gasteiger partial charge in [-0.3, -0.25) is 0 Å². The molecule has 1 aromatic heterocycles. The minimum absolute atomic E-state index is 0.454. The van der Waals surface area contributed by atoms with Gasteiger partial charge in [0.05, 0.1) is 24.4 Å². The smallest absolute Gasteiger partial charge is 0.165 e. The van der Waals surface area contributed by atoms with Gasteiger partial charge < -0.3 is 10.5 Å². The average Bonchev–Trinajstić information content (AvgIpc) is 2.63. The van der Waals surface area contributed by atoms with E-state index in [2.05, 4.69) is 14.8 Å². The molecule has 4 nitrogen and oxygen atoms in total. The lowest BCUT2D eigenvalue weighted by Crippen LogP contribution is -1.95. The number of hydrogen-bond donors (Lipinski definition) is 1. The Hall–Kier alpha value is -1.62. The molecule has 0 bridgehead atoms. The lowest BCUT2D eigenvalue weighted by molar-refractivity contribution is 0.416. The van der Waals surface area contributed by atoms with Crippen LogP contribution in [0.4, 0.5) is 5.82 Å². The van der Waals surface area contributed by atoms with E-state index in [-0.39, 0.29) is 0 Å². The Balaban J connectivity index is 2.69. The zero-order valence-electron chi connectivity index (χ0n) is 9.44. The van der Waals surface area contributed by atoms with Crippen LogP contribution < -0.4 is 10.5 Å². The fourth-order valence-electron chi connectivity index (χ4n) is 1.76. The minimum atomic E-state index is 0.454. The molecule has 2 N–H and O–H groups in total. The third kappa shape index (κ3) is 1.74. The van der Waals surface area contributed by atoms with Crippen molar-refractivity contribution in [3.8, 4) is 17.0 Å². The predicted octanol–water partition coefficient (Wildman–Crippen LogP) is 2.41. The van der Waals surface area contributed by atoms with Crippen molar-refractivity contribution in [3.63, 3.8) is 0 Å². The zero-order chi connectivity index (χ0) is 11.7. The van der Waals surface area contributed by atoms with Crippen molar-refractivity contribution in [2.45, 2.75) is 13.8 Å². The number of aromatic nitrogens is 2. The zero-order valence-corrected chi connectivity index (χ0v) is 10.3. The Bertz CT molecular complexity index is 522. The van der Waals surface area contributed by atoms with Gasteiger partial charge in [0.1, 0.15) is 11.4 Å². The second kappa shape index (κ2) is 4.09. The molecule has 2 rings (SSSR count). The largest absolute Gasteiger partial charge is 0.496 e. The molecular formula is C11H13N3OS. The summed E-state index contributed by atoms with van der Waals surface area (Å²) in [5.41, 5.74) is 9.67. The molecule has 1 heterocycles. The third-order valence-electron chi connectivity index (χ3n) is 2.41. The molecular weight excluding hydrogens is 222 g/mol. The average molecular weight is 235 g/mol. The van der Waals surface area contributed by atoms with E-state index in [9.17, 15) is 0 Å². The maximum absolute atomic E-state index is 5.78. The first kappa shape index (κ1) is 10.9. The van der Waals surface area contributed by atoms with Crippen LogP contribution in [0.2, 0.25) is 0 Å². The summed E-state index contributed by atoms with van der Waals surface area (Å²) < 4.78 is 13.6. The molecule has 2 aromatic rings. The molecule has 0 aliphatic rings. The molecule has 0 saturated carbocycles. The number of rotatable bonds is 2. The second-order valence-electron chi connectivity index (χ2n) is 3.66. The van der Waals surface area contributed by atoms with Crippen LogP contribution in [0.3, 0.4) is 0 Å². The van der Waals surface area contributed by atoms with Gasteiger partial charge in [-0.15, -0.1) is 0 Å². The van der Waals surface area contributed by atoms with Crippen molar-refractivity contribution in [1.82, 2.24) is 8.75 Å². The fraction of sp³-hybridized carbons (Fsp3) is 0.273. The first-order valence-corrected chi connectivity index (χ1v) is 5.60. The lowest BCUT2D eigenvalue weighted by Gasteiger charge is -2.11. The first-order valence-electron chi connectivity index (χ1n) is 4.87. The number of methoxy groups -OCH3 is 1. The Kier molecular flexibility index (Phi) is 2.78. The van der Waals surface area contributed by atoms with E-state index < -0.39 is 0 Å². The van der Waals surface area contributed by atoms with Crippen molar-refractivity contribution >= 4 is 17.5 Å². The van der Waals surface area contributed by atoms with Gasteiger partial charge in [-0.2, -0.15) is 8.75 Å². The van der Waals surface area contributed by atoms with Crippen molar-refractivity contribution < 1.29 is 4.74 Å². The molecule has 0 aliphatic carbocycles. The van der Waals surface area contributed by atoms with Crippen LogP contribution in [0, 0.1) is 13.8 Å². The molecule has 0 spiro atoms. The predicted molar refractivity (Wildman–Crippen MR) is 65.8 cm³/mol. The molecule has 16 heavy (non-hydrogen) atoms. The molecule has 0 aliphatic heterocycles. The monoisotopic (exact) mass is 235 g/mol. The van der Waals surface area contributed by atoms with E-state index >= 15 is 0 Å². The van der Waals surface area contributed by atoms with E-state index in [1.54, 1.807) is 7.11 Å². The highest BCUT2D eigenvalue weighted by atomic mass is 32.1. The first-order chi connectivity index (χ1) is 7.63. The summed E-state index contributed by atoms with van der Waals surface area (Å²) in [6.45, 7) is 4.05. The van der Waals surface area contributed by atoms with Gasteiger partial charge in [0.15, 0.2) is 5.82 Å². The maximum Gasteiger partial charge on any atom is 0.165 e. The summed E-state index contributed by atoms with van der Waals surface area (Å²) in [5.74, 6) is 1.24. The normalized spacial score (nSPS) is 10.4. The van der Waals surface area contributed by atoms with Gasteiger partial charge in [0.2, 0.25) is 0 Å². The SMILES string of the molecule is COc1cc(C)cc(C)c1-c1nsnc1N.